The molecule has 0 radical (unpaired) electrons. The van der Waals surface area contributed by atoms with Crippen molar-refractivity contribution in [3.63, 3.8) is 0 Å². The monoisotopic (exact) mass is 913 g/mol. The minimum atomic E-state index is -4.48. The molecule has 1 aliphatic rings. The number of nitrogens with one attached hydrogen (secondary N) is 3. The van der Waals surface area contributed by atoms with E-state index >= 15 is 0 Å². The Morgan fingerprint density at radius 3 is 2.29 bits per heavy atom. The van der Waals surface area contributed by atoms with Gasteiger partial charge in [-0.15, -0.1) is 11.8 Å². The third-order valence-corrected chi connectivity index (χ3v) is 13.6. The first-order chi connectivity index (χ1) is 30.4. The number of carbonyl (C=O) groups excluding carboxylic acids is 2. The number of carbonyl (C=O) groups is 2. The van der Waals surface area contributed by atoms with Crippen molar-refractivity contribution >= 4 is 62.3 Å². The number of unbranched alkanes of at least 4 members (excludes halogenated alkanes) is 1. The highest BCUT2D eigenvalue weighted by molar-refractivity contribution is 7.99. The van der Waals surface area contributed by atoms with Gasteiger partial charge in [0.2, 0.25) is 5.91 Å². The first kappa shape index (κ1) is 47.0. The minimum Gasteiger partial charge on any atom is -0.376 e. The Labute approximate surface area is 377 Å². The van der Waals surface area contributed by atoms with Crippen LogP contribution in [0.3, 0.4) is 0 Å². The van der Waals surface area contributed by atoms with Gasteiger partial charge in [0, 0.05) is 78.2 Å². The molecule has 1 saturated heterocycles. The molecule has 17 heteroatoms. The van der Waals surface area contributed by atoms with Crippen molar-refractivity contribution in [3.05, 3.63) is 148 Å². The van der Waals surface area contributed by atoms with Crippen LogP contribution in [0, 0.1) is 10.1 Å². The predicted molar refractivity (Wildman–Crippen MR) is 249 cm³/mol. The van der Waals surface area contributed by atoms with E-state index in [-0.39, 0.29) is 23.7 Å². The standard InChI is InChI=1S/C46H52ClN7O7S2/c1-51(25-8-7-13-45(55)49-57)26-24-38(33-62-40-10-3-2-4-11-40)48-43-23-22-41(31-44(43)54(58)59)63(60,61)50-46(56)35-16-20-39(21-17-35)53-29-27-52(28-30-53)32-36-9-5-6-12-42(36)34-14-18-37(47)19-15-34/h2-6,9-12,14-23,31,38,48,57H,7-8,13,24-30,32-33H2,1H3,(H,49,55)(H,50,56). The van der Waals surface area contributed by atoms with Crippen LogP contribution in [0.25, 0.3) is 11.1 Å². The van der Waals surface area contributed by atoms with E-state index in [4.69, 9.17) is 16.8 Å². The molecule has 0 bridgehead atoms. The molecule has 1 atom stereocenters. The van der Waals surface area contributed by atoms with Crippen LogP contribution in [0.5, 0.6) is 0 Å². The molecule has 1 unspecified atom stereocenters. The van der Waals surface area contributed by atoms with Gasteiger partial charge in [-0.3, -0.25) is 29.8 Å². The zero-order chi connectivity index (χ0) is 44.8. The lowest BCUT2D eigenvalue weighted by Gasteiger charge is -2.36. The number of amides is 2. The van der Waals surface area contributed by atoms with Crippen LogP contribution in [0.2, 0.25) is 5.02 Å². The Morgan fingerprint density at radius 1 is 0.889 bits per heavy atom. The fourth-order valence-corrected chi connectivity index (χ4v) is 9.44. The van der Waals surface area contributed by atoms with Crippen LogP contribution < -0.4 is 20.4 Å². The number of halogens is 1. The molecule has 1 heterocycles. The number of sulfonamides is 1. The Kier molecular flexibility index (Phi) is 17.0. The second-order valence-electron chi connectivity index (χ2n) is 15.4. The summed E-state index contributed by atoms with van der Waals surface area (Å²) in [7, 11) is -2.53. The topological polar surface area (TPSA) is 177 Å². The maximum Gasteiger partial charge on any atom is 0.293 e. The Balaban J connectivity index is 1.05. The number of hydrogen-bond acceptors (Lipinski definition) is 12. The molecule has 332 valence electrons. The summed E-state index contributed by atoms with van der Waals surface area (Å²) in [5.74, 6) is -0.717. The van der Waals surface area contributed by atoms with Crippen molar-refractivity contribution in [2.45, 2.75) is 48.1 Å². The second-order valence-corrected chi connectivity index (χ2v) is 18.6. The van der Waals surface area contributed by atoms with Crippen LogP contribution in [0.4, 0.5) is 17.1 Å². The number of hydrogen-bond donors (Lipinski definition) is 4. The summed E-state index contributed by atoms with van der Waals surface area (Å²) in [6.07, 6.45) is 2.18. The lowest BCUT2D eigenvalue weighted by Crippen LogP contribution is -2.46. The van der Waals surface area contributed by atoms with Crippen molar-refractivity contribution in [2.24, 2.45) is 0 Å². The molecule has 1 fully saturated rings. The highest BCUT2D eigenvalue weighted by Gasteiger charge is 2.26. The summed E-state index contributed by atoms with van der Waals surface area (Å²) < 4.78 is 29.0. The fourth-order valence-electron chi connectivity index (χ4n) is 7.33. The Morgan fingerprint density at radius 2 is 1.59 bits per heavy atom. The van der Waals surface area contributed by atoms with Crippen molar-refractivity contribution in [1.82, 2.24) is 20.0 Å². The van der Waals surface area contributed by atoms with E-state index in [1.54, 1.807) is 41.5 Å². The number of nitrogens with zero attached hydrogens (tertiary/aromatic N) is 4. The fraction of sp³-hybridized carbons (Fsp3) is 0.304. The number of nitro benzene ring substituents is 1. The third-order valence-electron chi connectivity index (χ3n) is 10.9. The van der Waals surface area contributed by atoms with Gasteiger partial charge in [0.05, 0.1) is 9.82 Å². The average Bonchev–Trinajstić information content (AvgIpc) is 3.29. The van der Waals surface area contributed by atoms with Gasteiger partial charge >= 0.3 is 0 Å². The van der Waals surface area contributed by atoms with Crippen LogP contribution in [0.15, 0.2) is 131 Å². The Hall–Kier alpha value is -5.49. The van der Waals surface area contributed by atoms with Crippen molar-refractivity contribution in [3.8, 4) is 11.1 Å². The van der Waals surface area contributed by atoms with Crippen LogP contribution >= 0.6 is 23.4 Å². The second kappa shape index (κ2) is 22.7. The van der Waals surface area contributed by atoms with Gasteiger partial charge in [-0.05, 0) is 117 Å². The summed E-state index contributed by atoms with van der Waals surface area (Å²) in [5, 5.41) is 25.0. The molecule has 0 spiro atoms. The van der Waals surface area contributed by atoms with Crippen molar-refractivity contribution in [2.75, 3.05) is 62.3 Å². The van der Waals surface area contributed by atoms with E-state index in [0.717, 1.165) is 61.4 Å². The van der Waals surface area contributed by atoms with E-state index in [9.17, 15) is 28.1 Å². The van der Waals surface area contributed by atoms with Gasteiger partial charge in [-0.1, -0.05) is 66.2 Å². The number of thioether (sulfide) groups is 1. The van der Waals surface area contributed by atoms with E-state index in [2.05, 4.69) is 42.9 Å². The van der Waals surface area contributed by atoms with Crippen molar-refractivity contribution in [1.29, 1.82) is 0 Å². The third kappa shape index (κ3) is 13.7. The number of anilines is 2. The quantitative estimate of drug-likeness (QED) is 0.0184. The molecule has 6 rings (SSSR count). The lowest BCUT2D eigenvalue weighted by atomic mass is 9.99. The van der Waals surface area contributed by atoms with Gasteiger partial charge < -0.3 is 15.1 Å². The molecular weight excluding hydrogens is 862 g/mol. The molecule has 0 aliphatic carbocycles. The normalized spacial score (nSPS) is 13.7. The largest absolute Gasteiger partial charge is 0.376 e. The number of benzene rings is 5. The Bertz CT molecular complexity index is 2420. The van der Waals surface area contributed by atoms with Gasteiger partial charge in [0.15, 0.2) is 0 Å². The molecule has 4 N–H and O–H groups in total. The van der Waals surface area contributed by atoms with Crippen LogP contribution in [-0.2, 0) is 21.4 Å². The number of rotatable bonds is 21. The molecule has 14 nitrogen and oxygen atoms in total. The number of nitro groups is 1. The maximum absolute atomic E-state index is 13.5. The predicted octanol–water partition coefficient (Wildman–Crippen LogP) is 7.93. The van der Waals surface area contributed by atoms with Crippen molar-refractivity contribution < 1.29 is 28.1 Å². The zero-order valence-electron chi connectivity index (χ0n) is 35.0. The number of piperazine rings is 1. The smallest absolute Gasteiger partial charge is 0.293 e. The molecule has 63 heavy (non-hydrogen) atoms. The molecule has 1 aliphatic heterocycles. The molecular formula is C46H52ClN7O7S2. The summed E-state index contributed by atoms with van der Waals surface area (Å²) in [4.78, 5) is 43.7. The van der Waals surface area contributed by atoms with E-state index in [0.29, 0.717) is 36.7 Å². The summed E-state index contributed by atoms with van der Waals surface area (Å²) in [5.41, 5.74) is 5.91. The van der Waals surface area contributed by atoms with Gasteiger partial charge in [-0.25, -0.2) is 18.6 Å². The van der Waals surface area contributed by atoms with Crippen LogP contribution in [-0.4, -0.2) is 98.3 Å². The highest BCUT2D eigenvalue weighted by atomic mass is 35.5. The molecule has 2 amide bonds. The summed E-state index contributed by atoms with van der Waals surface area (Å²) >= 11 is 7.71. The van der Waals surface area contributed by atoms with Gasteiger partial charge in [-0.2, -0.15) is 0 Å². The van der Waals surface area contributed by atoms with Gasteiger partial charge in [0.1, 0.15) is 5.69 Å². The lowest BCUT2D eigenvalue weighted by molar-refractivity contribution is -0.384. The maximum atomic E-state index is 13.5. The average molecular weight is 915 g/mol. The summed E-state index contributed by atoms with van der Waals surface area (Å²) in [6, 6.07) is 36.0. The zero-order valence-corrected chi connectivity index (χ0v) is 37.4. The van der Waals surface area contributed by atoms with Gasteiger partial charge in [0.25, 0.3) is 21.6 Å². The van der Waals surface area contributed by atoms with E-state index in [1.807, 2.05) is 67.7 Å². The van der Waals surface area contributed by atoms with E-state index in [1.165, 1.54) is 23.3 Å². The molecule has 5 aromatic rings. The molecule has 0 aromatic heterocycles. The first-order valence-corrected chi connectivity index (χ1v) is 23.6. The number of hydroxylamine groups is 1. The first-order valence-electron chi connectivity index (χ1n) is 20.7. The molecule has 5 aromatic carbocycles. The highest BCUT2D eigenvalue weighted by Crippen LogP contribution is 2.31. The summed E-state index contributed by atoms with van der Waals surface area (Å²) in [6.45, 7) is 5.35. The van der Waals surface area contributed by atoms with E-state index < -0.39 is 37.3 Å². The minimum absolute atomic E-state index is 0.131. The van der Waals surface area contributed by atoms with Crippen LogP contribution in [0.1, 0.15) is 41.6 Å². The SMILES string of the molecule is CN(CCCCC(=O)NO)CCC(CSc1ccccc1)Nc1ccc(S(=O)(=O)NC(=O)c2ccc(N3CCN(Cc4ccccc4-c4ccc(Cl)cc4)CC3)cc2)cc1[N+](=O)[O-]. The molecule has 0 saturated carbocycles.